The fraction of sp³-hybridized carbons (Fsp3) is 0.600. The second-order valence-corrected chi connectivity index (χ2v) is 5.45. The highest BCUT2D eigenvalue weighted by Gasteiger charge is 2.10. The van der Waals surface area contributed by atoms with Gasteiger partial charge in [-0.25, -0.2) is 8.78 Å². The summed E-state index contributed by atoms with van der Waals surface area (Å²) < 4.78 is 26.1. The second-order valence-electron chi connectivity index (χ2n) is 5.04. The number of halogens is 3. The maximum atomic E-state index is 13.1. The monoisotopic (exact) mass is 289 g/mol. The lowest BCUT2D eigenvalue weighted by molar-refractivity contribution is 0.468. The van der Waals surface area contributed by atoms with Gasteiger partial charge in [0.2, 0.25) is 0 Å². The van der Waals surface area contributed by atoms with Crippen molar-refractivity contribution in [3.63, 3.8) is 0 Å². The van der Waals surface area contributed by atoms with Crippen molar-refractivity contribution in [1.82, 2.24) is 5.32 Å². The van der Waals surface area contributed by atoms with Crippen molar-refractivity contribution >= 4 is 11.6 Å². The Balaban J connectivity index is 2.37. The molecular formula is C15H22ClF2N. The number of hydrogen-bond acceptors (Lipinski definition) is 1. The van der Waals surface area contributed by atoms with Gasteiger partial charge >= 0.3 is 0 Å². The van der Waals surface area contributed by atoms with Crippen LogP contribution in [-0.4, -0.2) is 13.1 Å². The third-order valence-electron chi connectivity index (χ3n) is 3.24. The van der Waals surface area contributed by atoms with Crippen molar-refractivity contribution in [3.05, 3.63) is 34.4 Å². The summed E-state index contributed by atoms with van der Waals surface area (Å²) in [7, 11) is 0. The SMILES string of the molecule is CCCNCCC(C)CCc1cc(F)c(F)cc1Cl. The molecule has 0 fully saturated rings. The molecule has 0 aliphatic heterocycles. The van der Waals surface area contributed by atoms with Gasteiger partial charge in [-0.2, -0.15) is 0 Å². The lowest BCUT2D eigenvalue weighted by Crippen LogP contribution is -2.18. The maximum absolute atomic E-state index is 13.1. The normalized spacial score (nSPS) is 12.7. The van der Waals surface area contributed by atoms with Gasteiger partial charge in [0.15, 0.2) is 11.6 Å². The minimum Gasteiger partial charge on any atom is -0.317 e. The predicted octanol–water partition coefficient (Wildman–Crippen LogP) is 4.58. The van der Waals surface area contributed by atoms with Crippen molar-refractivity contribution < 1.29 is 8.78 Å². The average Bonchev–Trinajstić information content (AvgIpc) is 2.37. The van der Waals surface area contributed by atoms with E-state index in [1.54, 1.807) is 0 Å². The minimum atomic E-state index is -0.884. The first-order chi connectivity index (χ1) is 9.04. The van der Waals surface area contributed by atoms with Crippen molar-refractivity contribution in [2.24, 2.45) is 5.92 Å². The molecule has 0 bridgehead atoms. The summed E-state index contributed by atoms with van der Waals surface area (Å²) >= 11 is 5.91. The van der Waals surface area contributed by atoms with Gasteiger partial charge in [0, 0.05) is 5.02 Å². The van der Waals surface area contributed by atoms with E-state index in [0.29, 0.717) is 22.9 Å². The molecule has 0 spiro atoms. The highest BCUT2D eigenvalue weighted by molar-refractivity contribution is 6.31. The number of benzene rings is 1. The van der Waals surface area contributed by atoms with Crippen molar-refractivity contribution in [1.29, 1.82) is 0 Å². The fourth-order valence-electron chi connectivity index (χ4n) is 1.95. The van der Waals surface area contributed by atoms with Gasteiger partial charge in [0.25, 0.3) is 0 Å². The zero-order chi connectivity index (χ0) is 14.3. The van der Waals surface area contributed by atoms with Crippen molar-refractivity contribution in [2.45, 2.75) is 39.5 Å². The van der Waals surface area contributed by atoms with E-state index < -0.39 is 11.6 Å². The summed E-state index contributed by atoms with van der Waals surface area (Å²) in [6.07, 6.45) is 3.84. The van der Waals surface area contributed by atoms with E-state index in [1.807, 2.05) is 0 Å². The van der Waals surface area contributed by atoms with E-state index in [2.05, 4.69) is 19.2 Å². The largest absolute Gasteiger partial charge is 0.317 e. The summed E-state index contributed by atoms with van der Waals surface area (Å²) in [6.45, 7) is 6.35. The van der Waals surface area contributed by atoms with E-state index in [1.165, 1.54) is 6.07 Å². The highest BCUT2D eigenvalue weighted by atomic mass is 35.5. The molecule has 108 valence electrons. The molecule has 0 heterocycles. The number of nitrogens with one attached hydrogen (secondary N) is 1. The summed E-state index contributed by atoms with van der Waals surface area (Å²) in [5.41, 5.74) is 0.689. The third kappa shape index (κ3) is 5.87. The maximum Gasteiger partial charge on any atom is 0.160 e. The highest BCUT2D eigenvalue weighted by Crippen LogP contribution is 2.23. The quantitative estimate of drug-likeness (QED) is 0.546. The number of aryl methyl sites for hydroxylation is 1. The molecule has 1 aromatic rings. The van der Waals surface area contributed by atoms with Gasteiger partial charge in [-0.3, -0.25) is 0 Å². The molecular weight excluding hydrogens is 268 g/mol. The van der Waals surface area contributed by atoms with Gasteiger partial charge in [0.1, 0.15) is 0 Å². The molecule has 1 rings (SSSR count). The van der Waals surface area contributed by atoms with Crippen LogP contribution in [0.4, 0.5) is 8.78 Å². The first-order valence-electron chi connectivity index (χ1n) is 6.88. The lowest BCUT2D eigenvalue weighted by atomic mass is 9.98. The molecule has 1 aromatic carbocycles. The molecule has 0 amide bonds. The van der Waals surface area contributed by atoms with Gasteiger partial charge in [0.05, 0.1) is 0 Å². The van der Waals surface area contributed by atoms with Gasteiger partial charge in [-0.15, -0.1) is 0 Å². The van der Waals surface area contributed by atoms with E-state index >= 15 is 0 Å². The van der Waals surface area contributed by atoms with Gasteiger partial charge < -0.3 is 5.32 Å². The van der Waals surface area contributed by atoms with Crippen LogP contribution in [0, 0.1) is 17.6 Å². The Morgan fingerprint density at radius 3 is 2.53 bits per heavy atom. The number of rotatable bonds is 8. The van der Waals surface area contributed by atoms with Crippen LogP contribution >= 0.6 is 11.6 Å². The molecule has 1 nitrogen and oxygen atoms in total. The topological polar surface area (TPSA) is 12.0 Å². The molecule has 0 aromatic heterocycles. The Kier molecular flexibility index (Phi) is 7.32. The smallest absolute Gasteiger partial charge is 0.160 e. The van der Waals surface area contributed by atoms with Crippen LogP contribution < -0.4 is 5.32 Å². The lowest BCUT2D eigenvalue weighted by Gasteiger charge is -2.12. The molecule has 0 aliphatic rings. The minimum absolute atomic E-state index is 0.315. The first-order valence-corrected chi connectivity index (χ1v) is 7.26. The van der Waals surface area contributed by atoms with E-state index in [-0.39, 0.29) is 0 Å². The van der Waals surface area contributed by atoms with Gasteiger partial charge in [-0.05, 0) is 62.4 Å². The van der Waals surface area contributed by atoms with Crippen LogP contribution in [0.1, 0.15) is 38.7 Å². The van der Waals surface area contributed by atoms with E-state index in [0.717, 1.165) is 38.4 Å². The van der Waals surface area contributed by atoms with Crippen molar-refractivity contribution in [3.8, 4) is 0 Å². The third-order valence-corrected chi connectivity index (χ3v) is 3.59. The second kappa shape index (κ2) is 8.49. The van der Waals surface area contributed by atoms with Crippen LogP contribution in [0.25, 0.3) is 0 Å². The van der Waals surface area contributed by atoms with Gasteiger partial charge in [-0.1, -0.05) is 25.4 Å². The first kappa shape index (κ1) is 16.4. The Hall–Kier alpha value is -0.670. The number of hydrogen-bond donors (Lipinski definition) is 1. The standard InChI is InChI=1S/C15H22ClF2N/c1-3-7-19-8-6-11(2)4-5-12-9-14(17)15(18)10-13(12)16/h9-11,19H,3-8H2,1-2H3. The van der Waals surface area contributed by atoms with Crippen LogP contribution in [0.3, 0.4) is 0 Å². The Morgan fingerprint density at radius 2 is 1.84 bits per heavy atom. The van der Waals surface area contributed by atoms with Crippen LogP contribution in [0.5, 0.6) is 0 Å². The predicted molar refractivity (Wildman–Crippen MR) is 76.6 cm³/mol. The molecule has 0 radical (unpaired) electrons. The fourth-order valence-corrected chi connectivity index (χ4v) is 2.20. The molecule has 1 atom stereocenters. The average molecular weight is 290 g/mol. The van der Waals surface area contributed by atoms with Crippen LogP contribution in [-0.2, 0) is 6.42 Å². The molecule has 19 heavy (non-hydrogen) atoms. The van der Waals surface area contributed by atoms with Crippen molar-refractivity contribution in [2.75, 3.05) is 13.1 Å². The van der Waals surface area contributed by atoms with Crippen LogP contribution in [0.15, 0.2) is 12.1 Å². The Morgan fingerprint density at radius 1 is 1.16 bits per heavy atom. The summed E-state index contributed by atoms with van der Waals surface area (Å²) in [4.78, 5) is 0. The summed E-state index contributed by atoms with van der Waals surface area (Å²) in [5.74, 6) is -1.17. The summed E-state index contributed by atoms with van der Waals surface area (Å²) in [6, 6.07) is 2.26. The van der Waals surface area contributed by atoms with E-state index in [9.17, 15) is 8.78 Å². The molecule has 1 unspecified atom stereocenters. The Labute approximate surface area is 119 Å². The molecule has 4 heteroatoms. The zero-order valence-corrected chi connectivity index (χ0v) is 12.4. The molecule has 0 aliphatic carbocycles. The zero-order valence-electron chi connectivity index (χ0n) is 11.6. The molecule has 1 N–H and O–H groups in total. The Bertz CT molecular complexity index is 396. The molecule has 0 saturated heterocycles. The molecule has 0 saturated carbocycles. The summed E-state index contributed by atoms with van der Waals surface area (Å²) in [5, 5.41) is 3.67. The van der Waals surface area contributed by atoms with Crippen LogP contribution in [0.2, 0.25) is 5.02 Å². The van der Waals surface area contributed by atoms with E-state index in [4.69, 9.17) is 11.6 Å².